The van der Waals surface area contributed by atoms with Crippen LogP contribution in [0.5, 0.6) is 0 Å². The number of nitrogens with one attached hydrogen (secondary N) is 3. The van der Waals surface area contributed by atoms with Crippen molar-refractivity contribution in [2.24, 2.45) is 0 Å². The van der Waals surface area contributed by atoms with Crippen LogP contribution in [0.25, 0.3) is 11.2 Å². The molecule has 90 valence electrons. The molecule has 7 nitrogen and oxygen atoms in total. The van der Waals surface area contributed by atoms with Crippen LogP contribution in [-0.2, 0) is 0 Å². The van der Waals surface area contributed by atoms with Crippen molar-refractivity contribution >= 4 is 22.9 Å². The van der Waals surface area contributed by atoms with Gasteiger partial charge < -0.3 is 20.7 Å². The largest absolute Gasteiger partial charge is 0.393 e. The molecule has 0 unspecified atom stereocenters. The molecule has 0 aliphatic heterocycles. The number of hydrogen-bond acceptors (Lipinski definition) is 6. The molecule has 2 aromatic heterocycles. The number of hydrogen-bond donors (Lipinski definition) is 4. The fourth-order valence-electron chi connectivity index (χ4n) is 1.95. The summed E-state index contributed by atoms with van der Waals surface area (Å²) >= 11 is 0. The molecule has 0 amide bonds. The zero-order valence-electron chi connectivity index (χ0n) is 9.44. The second-order valence-corrected chi connectivity index (χ2v) is 4.21. The first-order valence-electron chi connectivity index (χ1n) is 5.59. The summed E-state index contributed by atoms with van der Waals surface area (Å²) in [7, 11) is 1.77. The highest BCUT2D eigenvalue weighted by molar-refractivity contribution is 5.83. The summed E-state index contributed by atoms with van der Waals surface area (Å²) in [5.74, 6) is 1.26. The van der Waals surface area contributed by atoms with Gasteiger partial charge in [0.1, 0.15) is 5.52 Å². The molecule has 1 fully saturated rings. The number of anilines is 2. The number of rotatable bonds is 3. The molecule has 0 radical (unpaired) electrons. The maximum atomic E-state index is 9.27. The SMILES string of the molecule is CNc1nc(NC2CC(O)C2)c2[nH]cnc2n1. The van der Waals surface area contributed by atoms with E-state index in [4.69, 9.17) is 0 Å². The molecule has 4 N–H and O–H groups in total. The van der Waals surface area contributed by atoms with Gasteiger partial charge in [0, 0.05) is 13.1 Å². The predicted molar refractivity (Wildman–Crippen MR) is 63.9 cm³/mol. The highest BCUT2D eigenvalue weighted by Crippen LogP contribution is 2.26. The minimum absolute atomic E-state index is 0.185. The van der Waals surface area contributed by atoms with E-state index in [9.17, 15) is 5.11 Å². The van der Waals surface area contributed by atoms with Gasteiger partial charge in [-0.3, -0.25) is 0 Å². The molecule has 0 bridgehead atoms. The molecule has 2 heterocycles. The van der Waals surface area contributed by atoms with Gasteiger partial charge in [-0.15, -0.1) is 0 Å². The Hall–Kier alpha value is -1.89. The Morgan fingerprint density at radius 1 is 1.41 bits per heavy atom. The van der Waals surface area contributed by atoms with Crippen molar-refractivity contribution in [2.45, 2.75) is 25.0 Å². The highest BCUT2D eigenvalue weighted by atomic mass is 16.3. The maximum Gasteiger partial charge on any atom is 0.226 e. The van der Waals surface area contributed by atoms with Crippen molar-refractivity contribution in [3.05, 3.63) is 6.33 Å². The van der Waals surface area contributed by atoms with E-state index in [0.717, 1.165) is 24.2 Å². The molecular formula is C10H14N6O. The molecule has 1 aliphatic rings. The Morgan fingerprint density at radius 3 is 2.94 bits per heavy atom. The normalized spacial score (nSPS) is 23.4. The number of imidazole rings is 1. The average molecular weight is 234 g/mol. The van der Waals surface area contributed by atoms with Crippen LogP contribution in [0.2, 0.25) is 0 Å². The average Bonchev–Trinajstić information content (AvgIpc) is 2.74. The first-order chi connectivity index (χ1) is 8.26. The standard InChI is InChI=1S/C10H14N6O/c1-11-10-15-8-7(12-4-13-8)9(16-10)14-5-2-6(17)3-5/h4-6,17H,2-3H2,1H3,(H3,11,12,13,14,15,16). The topological polar surface area (TPSA) is 98.8 Å². The Morgan fingerprint density at radius 2 is 2.24 bits per heavy atom. The number of aromatic amines is 1. The fraction of sp³-hybridized carbons (Fsp3) is 0.500. The van der Waals surface area contributed by atoms with E-state index in [0.29, 0.717) is 11.6 Å². The predicted octanol–water partition coefficient (Wildman–Crippen LogP) is 0.330. The number of nitrogens with zero attached hydrogens (tertiary/aromatic N) is 3. The molecular weight excluding hydrogens is 220 g/mol. The third-order valence-corrected chi connectivity index (χ3v) is 2.96. The lowest BCUT2D eigenvalue weighted by atomic mass is 9.89. The van der Waals surface area contributed by atoms with Crippen LogP contribution in [-0.4, -0.2) is 44.2 Å². The highest BCUT2D eigenvalue weighted by Gasteiger charge is 2.28. The zero-order chi connectivity index (χ0) is 11.8. The number of aliphatic hydroxyl groups is 1. The second kappa shape index (κ2) is 3.85. The van der Waals surface area contributed by atoms with E-state index in [2.05, 4.69) is 30.6 Å². The molecule has 0 atom stereocenters. The molecule has 3 rings (SSSR count). The third-order valence-electron chi connectivity index (χ3n) is 2.96. The van der Waals surface area contributed by atoms with Crippen LogP contribution in [0, 0.1) is 0 Å². The summed E-state index contributed by atoms with van der Waals surface area (Å²) in [5, 5.41) is 15.5. The number of fused-ring (bicyclic) bond motifs is 1. The number of aliphatic hydroxyl groups excluding tert-OH is 1. The Kier molecular flexibility index (Phi) is 2.32. The summed E-state index contributed by atoms with van der Waals surface area (Å²) < 4.78 is 0. The zero-order valence-corrected chi connectivity index (χ0v) is 9.44. The van der Waals surface area contributed by atoms with E-state index in [-0.39, 0.29) is 12.1 Å². The molecule has 7 heteroatoms. The van der Waals surface area contributed by atoms with Crippen molar-refractivity contribution in [3.63, 3.8) is 0 Å². The molecule has 2 aromatic rings. The van der Waals surface area contributed by atoms with Crippen LogP contribution in [0.15, 0.2) is 6.33 Å². The maximum absolute atomic E-state index is 9.27. The third kappa shape index (κ3) is 1.78. The van der Waals surface area contributed by atoms with Crippen molar-refractivity contribution < 1.29 is 5.11 Å². The summed E-state index contributed by atoms with van der Waals surface area (Å²) in [6.07, 6.45) is 2.93. The summed E-state index contributed by atoms with van der Waals surface area (Å²) in [4.78, 5) is 15.7. The van der Waals surface area contributed by atoms with Gasteiger partial charge in [0.15, 0.2) is 11.5 Å². The Balaban J connectivity index is 1.93. The van der Waals surface area contributed by atoms with Gasteiger partial charge in [0.2, 0.25) is 5.95 Å². The van der Waals surface area contributed by atoms with Crippen molar-refractivity contribution in [2.75, 3.05) is 17.7 Å². The van der Waals surface area contributed by atoms with Crippen molar-refractivity contribution in [1.29, 1.82) is 0 Å². The van der Waals surface area contributed by atoms with Gasteiger partial charge >= 0.3 is 0 Å². The minimum atomic E-state index is -0.185. The van der Waals surface area contributed by atoms with Crippen LogP contribution >= 0.6 is 0 Å². The van der Waals surface area contributed by atoms with Gasteiger partial charge in [-0.2, -0.15) is 9.97 Å². The van der Waals surface area contributed by atoms with Crippen LogP contribution in [0.4, 0.5) is 11.8 Å². The van der Waals surface area contributed by atoms with E-state index >= 15 is 0 Å². The quantitative estimate of drug-likeness (QED) is 0.611. The van der Waals surface area contributed by atoms with Crippen LogP contribution < -0.4 is 10.6 Å². The van der Waals surface area contributed by atoms with Crippen molar-refractivity contribution in [3.8, 4) is 0 Å². The molecule has 17 heavy (non-hydrogen) atoms. The van der Waals surface area contributed by atoms with Gasteiger partial charge in [-0.05, 0) is 12.8 Å². The second-order valence-electron chi connectivity index (χ2n) is 4.21. The van der Waals surface area contributed by atoms with Gasteiger partial charge in [0.25, 0.3) is 0 Å². The summed E-state index contributed by atoms with van der Waals surface area (Å²) in [6, 6.07) is 0.274. The summed E-state index contributed by atoms with van der Waals surface area (Å²) in [5.41, 5.74) is 1.43. The number of aromatic nitrogens is 4. The first-order valence-corrected chi connectivity index (χ1v) is 5.59. The van der Waals surface area contributed by atoms with Gasteiger partial charge in [0.05, 0.1) is 12.4 Å². The van der Waals surface area contributed by atoms with E-state index in [1.807, 2.05) is 0 Å². The summed E-state index contributed by atoms with van der Waals surface area (Å²) in [6.45, 7) is 0. The smallest absolute Gasteiger partial charge is 0.226 e. The molecule has 1 aliphatic carbocycles. The lowest BCUT2D eigenvalue weighted by molar-refractivity contribution is 0.0836. The Bertz CT molecular complexity index is 533. The first kappa shape index (κ1) is 10.3. The Labute approximate surface area is 97.7 Å². The van der Waals surface area contributed by atoms with Crippen LogP contribution in [0.3, 0.4) is 0 Å². The number of H-pyrrole nitrogens is 1. The van der Waals surface area contributed by atoms with E-state index in [1.165, 1.54) is 0 Å². The molecule has 0 spiro atoms. The lowest BCUT2D eigenvalue weighted by Crippen LogP contribution is -2.39. The minimum Gasteiger partial charge on any atom is -0.393 e. The monoisotopic (exact) mass is 234 g/mol. The van der Waals surface area contributed by atoms with Gasteiger partial charge in [-0.1, -0.05) is 0 Å². The van der Waals surface area contributed by atoms with Gasteiger partial charge in [-0.25, -0.2) is 4.98 Å². The van der Waals surface area contributed by atoms with E-state index < -0.39 is 0 Å². The van der Waals surface area contributed by atoms with Crippen molar-refractivity contribution in [1.82, 2.24) is 19.9 Å². The van der Waals surface area contributed by atoms with E-state index in [1.54, 1.807) is 13.4 Å². The molecule has 0 aromatic carbocycles. The lowest BCUT2D eigenvalue weighted by Gasteiger charge is -2.32. The fourth-order valence-corrected chi connectivity index (χ4v) is 1.95. The molecule has 1 saturated carbocycles. The molecule has 0 saturated heterocycles. The van der Waals surface area contributed by atoms with Crippen LogP contribution in [0.1, 0.15) is 12.8 Å².